The number of carbonyl (C=O) groups is 1. The lowest BCUT2D eigenvalue weighted by Gasteiger charge is -2.18. The van der Waals surface area contributed by atoms with Gasteiger partial charge in [-0.2, -0.15) is 0 Å². The second kappa shape index (κ2) is 10.8. The van der Waals surface area contributed by atoms with Gasteiger partial charge in [0.25, 0.3) is 0 Å². The number of anilines is 1. The molecule has 2 aromatic heterocycles. The first-order valence-electron chi connectivity index (χ1n) is 10.7. The molecule has 4 rings (SSSR count). The van der Waals surface area contributed by atoms with E-state index in [2.05, 4.69) is 27.1 Å². The Hall–Kier alpha value is -3.91. The molecule has 1 atom stereocenters. The van der Waals surface area contributed by atoms with Gasteiger partial charge in [-0.1, -0.05) is 54.2 Å². The van der Waals surface area contributed by atoms with Crippen LogP contribution >= 0.6 is 11.8 Å². The Kier molecular flexibility index (Phi) is 7.39. The lowest BCUT2D eigenvalue weighted by Crippen LogP contribution is -2.20. The summed E-state index contributed by atoms with van der Waals surface area (Å²) in [5.41, 5.74) is 3.39. The predicted octanol–water partition coefficient (Wildman–Crippen LogP) is 5.32. The Morgan fingerprint density at radius 3 is 2.62 bits per heavy atom. The molecule has 0 aliphatic heterocycles. The zero-order chi connectivity index (χ0) is 23.9. The third-order valence-electron chi connectivity index (χ3n) is 5.14. The highest BCUT2D eigenvalue weighted by Crippen LogP contribution is 2.37. The third kappa shape index (κ3) is 5.18. The SMILES string of the molecule is C=CCn1c(SC(C(=O)Nc2cc(C)ccc2OC)c2ccccc2)nnc1-c1ccncc1. The van der Waals surface area contributed by atoms with Gasteiger partial charge >= 0.3 is 0 Å². The van der Waals surface area contributed by atoms with Crippen LogP contribution in [0.2, 0.25) is 0 Å². The minimum Gasteiger partial charge on any atom is -0.495 e. The van der Waals surface area contributed by atoms with Crippen LogP contribution in [-0.2, 0) is 11.3 Å². The van der Waals surface area contributed by atoms with Crippen molar-refractivity contribution in [3.05, 3.63) is 96.8 Å². The number of hydrogen-bond donors (Lipinski definition) is 1. The van der Waals surface area contributed by atoms with E-state index in [4.69, 9.17) is 4.74 Å². The number of aromatic nitrogens is 4. The van der Waals surface area contributed by atoms with Gasteiger partial charge in [-0.25, -0.2) is 0 Å². The van der Waals surface area contributed by atoms with Gasteiger partial charge in [0.15, 0.2) is 11.0 Å². The fourth-order valence-corrected chi connectivity index (χ4v) is 4.55. The lowest BCUT2D eigenvalue weighted by molar-refractivity contribution is -0.115. The summed E-state index contributed by atoms with van der Waals surface area (Å²) in [7, 11) is 1.59. The van der Waals surface area contributed by atoms with Gasteiger partial charge in [0, 0.05) is 24.5 Å². The van der Waals surface area contributed by atoms with E-state index in [0.29, 0.717) is 29.0 Å². The molecule has 2 heterocycles. The molecule has 0 saturated carbocycles. The summed E-state index contributed by atoms with van der Waals surface area (Å²) in [6.07, 6.45) is 5.21. The van der Waals surface area contributed by atoms with Gasteiger partial charge < -0.3 is 10.1 Å². The molecular formula is C26H25N5O2S. The number of thioether (sulfide) groups is 1. The van der Waals surface area contributed by atoms with Gasteiger partial charge in [-0.3, -0.25) is 14.3 Å². The Morgan fingerprint density at radius 1 is 1.15 bits per heavy atom. The topological polar surface area (TPSA) is 81.9 Å². The van der Waals surface area contributed by atoms with Crippen molar-refractivity contribution in [2.24, 2.45) is 0 Å². The predicted molar refractivity (Wildman–Crippen MR) is 135 cm³/mol. The molecule has 0 aliphatic rings. The van der Waals surface area contributed by atoms with Crippen LogP contribution in [0.1, 0.15) is 16.4 Å². The molecule has 8 heteroatoms. The molecule has 2 aromatic carbocycles. The smallest absolute Gasteiger partial charge is 0.242 e. The minimum atomic E-state index is -0.565. The number of amides is 1. The van der Waals surface area contributed by atoms with Crippen molar-refractivity contribution in [1.82, 2.24) is 19.7 Å². The highest BCUT2D eigenvalue weighted by atomic mass is 32.2. The van der Waals surface area contributed by atoms with E-state index in [1.807, 2.05) is 72.2 Å². The van der Waals surface area contributed by atoms with Crippen molar-refractivity contribution < 1.29 is 9.53 Å². The Balaban J connectivity index is 1.70. The fraction of sp³-hybridized carbons (Fsp3) is 0.154. The Labute approximate surface area is 202 Å². The average molecular weight is 472 g/mol. The molecule has 172 valence electrons. The molecule has 7 nitrogen and oxygen atoms in total. The molecule has 0 spiro atoms. The average Bonchev–Trinajstić information content (AvgIpc) is 3.26. The molecule has 1 amide bonds. The lowest BCUT2D eigenvalue weighted by atomic mass is 10.1. The summed E-state index contributed by atoms with van der Waals surface area (Å²) in [5.74, 6) is 1.11. The largest absolute Gasteiger partial charge is 0.495 e. The van der Waals surface area contributed by atoms with E-state index in [9.17, 15) is 4.79 Å². The van der Waals surface area contributed by atoms with Crippen LogP contribution in [0.4, 0.5) is 5.69 Å². The fourth-order valence-electron chi connectivity index (χ4n) is 3.51. The zero-order valence-electron chi connectivity index (χ0n) is 19.0. The minimum absolute atomic E-state index is 0.182. The molecule has 0 fully saturated rings. The maximum Gasteiger partial charge on any atom is 0.242 e. The monoisotopic (exact) mass is 471 g/mol. The van der Waals surface area contributed by atoms with Crippen molar-refractivity contribution >= 4 is 23.4 Å². The van der Waals surface area contributed by atoms with E-state index < -0.39 is 5.25 Å². The van der Waals surface area contributed by atoms with Crippen molar-refractivity contribution in [3.63, 3.8) is 0 Å². The normalized spacial score (nSPS) is 11.6. The summed E-state index contributed by atoms with van der Waals surface area (Å²) in [6, 6.07) is 19.1. The quantitative estimate of drug-likeness (QED) is 0.263. The van der Waals surface area contributed by atoms with E-state index in [1.54, 1.807) is 25.6 Å². The third-order valence-corrected chi connectivity index (χ3v) is 6.38. The maximum atomic E-state index is 13.6. The van der Waals surface area contributed by atoms with Crippen LogP contribution in [0.3, 0.4) is 0 Å². The maximum absolute atomic E-state index is 13.6. The van der Waals surface area contributed by atoms with Gasteiger partial charge in [0.2, 0.25) is 5.91 Å². The number of allylic oxidation sites excluding steroid dienone is 1. The van der Waals surface area contributed by atoms with E-state index >= 15 is 0 Å². The molecule has 0 saturated heterocycles. The highest BCUT2D eigenvalue weighted by Gasteiger charge is 2.26. The number of pyridine rings is 1. The number of carbonyl (C=O) groups excluding carboxylic acids is 1. The summed E-state index contributed by atoms with van der Waals surface area (Å²) in [6.45, 7) is 6.35. The van der Waals surface area contributed by atoms with Crippen LogP contribution in [-0.4, -0.2) is 32.8 Å². The number of benzene rings is 2. The number of nitrogens with zero attached hydrogens (tertiary/aromatic N) is 4. The summed E-state index contributed by atoms with van der Waals surface area (Å²) >= 11 is 1.34. The number of ether oxygens (including phenoxy) is 1. The number of aryl methyl sites for hydroxylation is 1. The first-order valence-corrected chi connectivity index (χ1v) is 11.6. The summed E-state index contributed by atoms with van der Waals surface area (Å²) < 4.78 is 7.39. The van der Waals surface area contributed by atoms with Crippen LogP contribution in [0, 0.1) is 6.92 Å². The molecule has 0 bridgehead atoms. The Morgan fingerprint density at radius 2 is 1.91 bits per heavy atom. The van der Waals surface area contributed by atoms with Crippen LogP contribution in [0.15, 0.2) is 90.9 Å². The Bertz CT molecular complexity index is 1280. The molecule has 0 aliphatic carbocycles. The van der Waals surface area contributed by atoms with Gasteiger partial charge in [0.1, 0.15) is 11.0 Å². The van der Waals surface area contributed by atoms with Gasteiger partial charge in [0.05, 0.1) is 12.8 Å². The second-order valence-electron chi connectivity index (χ2n) is 7.54. The van der Waals surface area contributed by atoms with E-state index in [-0.39, 0.29) is 5.91 Å². The zero-order valence-corrected chi connectivity index (χ0v) is 19.8. The van der Waals surface area contributed by atoms with Crippen LogP contribution in [0.25, 0.3) is 11.4 Å². The van der Waals surface area contributed by atoms with Gasteiger partial charge in [-0.15, -0.1) is 16.8 Å². The number of hydrogen-bond acceptors (Lipinski definition) is 6. The number of rotatable bonds is 9. The molecular weight excluding hydrogens is 446 g/mol. The van der Waals surface area contributed by atoms with Gasteiger partial charge in [-0.05, 0) is 42.3 Å². The standard InChI is InChI=1S/C26H25N5O2S/c1-4-16-31-24(20-12-14-27-15-13-20)29-30-26(31)34-23(19-8-6-5-7-9-19)25(32)28-21-17-18(2)10-11-22(21)33-3/h4-15,17,23H,1,16H2,2-3H3,(H,28,32). The molecule has 4 aromatic rings. The van der Waals surface area contributed by atoms with E-state index in [0.717, 1.165) is 16.7 Å². The number of nitrogens with one attached hydrogen (secondary N) is 1. The van der Waals surface area contributed by atoms with Crippen molar-refractivity contribution in [2.45, 2.75) is 23.9 Å². The van der Waals surface area contributed by atoms with Crippen molar-refractivity contribution in [2.75, 3.05) is 12.4 Å². The molecule has 0 radical (unpaired) electrons. The molecule has 1 unspecified atom stereocenters. The summed E-state index contributed by atoms with van der Waals surface area (Å²) in [5, 5.41) is 11.9. The van der Waals surface area contributed by atoms with Crippen molar-refractivity contribution in [1.29, 1.82) is 0 Å². The van der Waals surface area contributed by atoms with E-state index in [1.165, 1.54) is 11.8 Å². The van der Waals surface area contributed by atoms with Crippen LogP contribution in [0.5, 0.6) is 5.75 Å². The summed E-state index contributed by atoms with van der Waals surface area (Å²) in [4.78, 5) is 17.6. The number of methoxy groups -OCH3 is 1. The highest BCUT2D eigenvalue weighted by molar-refractivity contribution is 8.00. The van der Waals surface area contributed by atoms with Crippen LogP contribution < -0.4 is 10.1 Å². The first-order chi connectivity index (χ1) is 16.6. The molecule has 1 N–H and O–H groups in total. The van der Waals surface area contributed by atoms with Crippen molar-refractivity contribution in [3.8, 4) is 17.1 Å². The second-order valence-corrected chi connectivity index (χ2v) is 8.62. The first kappa shape index (κ1) is 23.3. The molecule has 34 heavy (non-hydrogen) atoms.